The van der Waals surface area contributed by atoms with E-state index in [9.17, 15) is 23.1 Å². The largest absolute Gasteiger partial charge is 0.505 e. The first-order valence-electron chi connectivity index (χ1n) is 6.65. The zero-order valence-corrected chi connectivity index (χ0v) is 12.4. The van der Waals surface area contributed by atoms with Crippen LogP contribution in [0.1, 0.15) is 23.2 Å². The number of rotatable bonds is 3. The van der Waals surface area contributed by atoms with Gasteiger partial charge in [0.2, 0.25) is 0 Å². The summed E-state index contributed by atoms with van der Waals surface area (Å²) in [5, 5.41) is 9.83. The van der Waals surface area contributed by atoms with Crippen molar-refractivity contribution in [1.82, 2.24) is 9.62 Å². The molecule has 1 aliphatic heterocycles. The number of nitrogens with one attached hydrogen (secondary N) is 1. The van der Waals surface area contributed by atoms with E-state index in [1.54, 1.807) is 6.07 Å². The molecule has 1 aromatic rings. The fraction of sp³-hybridized carbons (Fsp3) is 0.462. The maximum atomic E-state index is 12.4. The van der Waals surface area contributed by atoms with Gasteiger partial charge in [-0.1, -0.05) is 6.07 Å². The first-order chi connectivity index (χ1) is 10.3. The minimum Gasteiger partial charge on any atom is -0.505 e. The minimum absolute atomic E-state index is 0.0594. The van der Waals surface area contributed by atoms with Gasteiger partial charge < -0.3 is 15.7 Å². The molecule has 22 heavy (non-hydrogen) atoms. The lowest BCUT2D eigenvalue weighted by Crippen LogP contribution is -2.46. The number of phenols is 1. The Morgan fingerprint density at radius 3 is 2.86 bits per heavy atom. The number of aromatic hydroxyl groups is 1. The summed E-state index contributed by atoms with van der Waals surface area (Å²) in [6.07, 6.45) is 1.14. The van der Waals surface area contributed by atoms with Crippen molar-refractivity contribution in [2.24, 2.45) is 0 Å². The van der Waals surface area contributed by atoms with Gasteiger partial charge in [0, 0.05) is 31.1 Å². The predicted molar refractivity (Wildman–Crippen MR) is 78.2 cm³/mol. The van der Waals surface area contributed by atoms with Crippen LogP contribution in [0.5, 0.6) is 5.75 Å². The SMILES string of the molecule is Nc1cccc(C(=O)N2CCCC(NSC(F)(F)F)C2)c1O. The first-order valence-corrected chi connectivity index (χ1v) is 7.46. The van der Waals surface area contributed by atoms with Gasteiger partial charge in [-0.2, -0.15) is 13.2 Å². The van der Waals surface area contributed by atoms with Gasteiger partial charge in [-0.05, 0) is 25.0 Å². The standard InChI is InChI=1S/C13H16F3N3O2S/c14-13(15,16)22-18-8-3-2-6-19(7-8)12(21)9-4-1-5-10(17)11(9)20/h1,4-5,8,18,20H,2-3,6-7,17H2. The lowest BCUT2D eigenvalue weighted by Gasteiger charge is -2.33. The third-order valence-corrected chi connectivity index (χ3v) is 4.03. The highest BCUT2D eigenvalue weighted by molar-refractivity contribution is 7.98. The average Bonchev–Trinajstić information content (AvgIpc) is 2.47. The number of likely N-dealkylation sites (tertiary alicyclic amines) is 1. The van der Waals surface area contributed by atoms with Crippen LogP contribution in [0, 0.1) is 0 Å². The number of carbonyl (C=O) groups excluding carboxylic acids is 1. The third kappa shape index (κ3) is 4.20. The summed E-state index contributed by atoms with van der Waals surface area (Å²) >= 11 is -0.302. The summed E-state index contributed by atoms with van der Waals surface area (Å²) in [7, 11) is 0. The topological polar surface area (TPSA) is 78.6 Å². The molecule has 1 unspecified atom stereocenters. The van der Waals surface area contributed by atoms with E-state index in [2.05, 4.69) is 4.72 Å². The molecule has 0 aliphatic carbocycles. The number of nitrogen functional groups attached to an aromatic ring is 1. The summed E-state index contributed by atoms with van der Waals surface area (Å²) in [6, 6.07) is 4.00. The second-order valence-corrected chi connectivity index (χ2v) is 5.90. The number of nitrogens with zero attached hydrogens (tertiary/aromatic N) is 1. The molecule has 4 N–H and O–H groups in total. The van der Waals surface area contributed by atoms with Gasteiger partial charge in [-0.3, -0.25) is 9.52 Å². The van der Waals surface area contributed by atoms with Gasteiger partial charge >= 0.3 is 5.51 Å². The van der Waals surface area contributed by atoms with Crippen molar-refractivity contribution in [2.45, 2.75) is 24.4 Å². The highest BCUT2D eigenvalue weighted by atomic mass is 32.2. The van der Waals surface area contributed by atoms with Crippen LogP contribution in [0.2, 0.25) is 0 Å². The number of halogens is 3. The van der Waals surface area contributed by atoms with Crippen LogP contribution in [0.3, 0.4) is 0 Å². The number of alkyl halides is 3. The molecule has 1 aliphatic rings. The van der Waals surface area contributed by atoms with Gasteiger partial charge in [0.05, 0.1) is 11.3 Å². The van der Waals surface area contributed by atoms with Gasteiger partial charge in [-0.15, -0.1) is 0 Å². The van der Waals surface area contributed by atoms with Crippen LogP contribution in [0.25, 0.3) is 0 Å². The fourth-order valence-electron chi connectivity index (χ4n) is 2.31. The number of para-hydroxylation sites is 1. The number of hydrogen-bond acceptors (Lipinski definition) is 5. The number of hydrogen-bond donors (Lipinski definition) is 3. The molecular weight excluding hydrogens is 319 g/mol. The molecule has 0 radical (unpaired) electrons. The number of nitrogens with two attached hydrogens (primary N) is 1. The van der Waals surface area contributed by atoms with Crippen molar-refractivity contribution in [1.29, 1.82) is 0 Å². The number of piperidine rings is 1. The van der Waals surface area contributed by atoms with E-state index in [0.717, 1.165) is 0 Å². The normalized spacial score (nSPS) is 19.2. The van der Waals surface area contributed by atoms with Crippen molar-refractivity contribution in [3.05, 3.63) is 23.8 Å². The fourth-order valence-corrected chi connectivity index (χ4v) is 2.80. The molecule has 1 amide bonds. The predicted octanol–water partition coefficient (Wildman–Crippen LogP) is 2.34. The maximum Gasteiger partial charge on any atom is 0.456 e. The van der Waals surface area contributed by atoms with E-state index in [-0.39, 0.29) is 35.5 Å². The summed E-state index contributed by atoms with van der Waals surface area (Å²) in [5.41, 5.74) is 1.33. The van der Waals surface area contributed by atoms with Gasteiger partial charge in [0.15, 0.2) is 5.75 Å². The minimum atomic E-state index is -4.36. The molecule has 0 saturated carbocycles. The van der Waals surface area contributed by atoms with Gasteiger partial charge in [0.25, 0.3) is 5.91 Å². The third-order valence-electron chi connectivity index (χ3n) is 3.35. The summed E-state index contributed by atoms with van der Waals surface area (Å²) in [4.78, 5) is 13.8. The quantitative estimate of drug-likeness (QED) is 0.449. The second kappa shape index (κ2) is 6.66. The number of anilines is 1. The molecule has 1 aromatic carbocycles. The van der Waals surface area contributed by atoms with E-state index >= 15 is 0 Å². The van der Waals surface area contributed by atoms with Crippen molar-refractivity contribution >= 4 is 23.5 Å². The lowest BCUT2D eigenvalue weighted by atomic mass is 10.0. The van der Waals surface area contributed by atoms with Crippen LogP contribution < -0.4 is 10.5 Å². The van der Waals surface area contributed by atoms with Crippen molar-refractivity contribution in [3.63, 3.8) is 0 Å². The average molecular weight is 335 g/mol. The molecule has 1 fully saturated rings. The molecule has 0 spiro atoms. The van der Waals surface area contributed by atoms with E-state index in [1.807, 2.05) is 0 Å². The number of amides is 1. The summed E-state index contributed by atoms with van der Waals surface area (Å²) in [5.74, 6) is -0.736. The zero-order chi connectivity index (χ0) is 16.3. The second-order valence-electron chi connectivity index (χ2n) is 5.00. The van der Waals surface area contributed by atoms with E-state index in [1.165, 1.54) is 17.0 Å². The van der Waals surface area contributed by atoms with Gasteiger partial charge in [-0.25, -0.2) is 0 Å². The molecule has 122 valence electrons. The highest BCUT2D eigenvalue weighted by Gasteiger charge is 2.32. The summed E-state index contributed by atoms with van der Waals surface area (Å²) in [6.45, 7) is 0.581. The molecule has 0 bridgehead atoms. The van der Waals surface area contributed by atoms with Crippen LogP contribution in [-0.2, 0) is 0 Å². The van der Waals surface area contributed by atoms with Crippen molar-refractivity contribution < 1.29 is 23.1 Å². The number of phenolic OH excluding ortho intramolecular Hbond substituents is 1. The Hall–Kier alpha value is -1.61. The molecule has 0 aromatic heterocycles. The summed E-state index contributed by atoms with van der Waals surface area (Å²) < 4.78 is 38.9. The van der Waals surface area contributed by atoms with E-state index in [4.69, 9.17) is 5.73 Å². The van der Waals surface area contributed by atoms with E-state index < -0.39 is 17.5 Å². The maximum absolute atomic E-state index is 12.4. The Labute approximate surface area is 129 Å². The van der Waals surface area contributed by atoms with Crippen LogP contribution >= 0.6 is 11.9 Å². The van der Waals surface area contributed by atoms with Crippen LogP contribution in [0.4, 0.5) is 18.9 Å². The van der Waals surface area contributed by atoms with Crippen molar-refractivity contribution in [3.8, 4) is 5.75 Å². The highest BCUT2D eigenvalue weighted by Crippen LogP contribution is 2.30. The molecular formula is C13H16F3N3O2S. The molecule has 1 atom stereocenters. The van der Waals surface area contributed by atoms with Crippen LogP contribution in [0.15, 0.2) is 18.2 Å². The Balaban J connectivity index is 2.02. The number of benzene rings is 1. The molecule has 5 nitrogen and oxygen atoms in total. The van der Waals surface area contributed by atoms with E-state index in [0.29, 0.717) is 19.4 Å². The Bertz CT molecular complexity index is 554. The Morgan fingerprint density at radius 1 is 1.45 bits per heavy atom. The zero-order valence-electron chi connectivity index (χ0n) is 11.6. The monoisotopic (exact) mass is 335 g/mol. The van der Waals surface area contributed by atoms with Crippen molar-refractivity contribution in [2.75, 3.05) is 18.8 Å². The smallest absolute Gasteiger partial charge is 0.456 e. The molecule has 1 saturated heterocycles. The molecule has 2 rings (SSSR count). The Kier molecular flexibility index (Phi) is 5.07. The van der Waals surface area contributed by atoms with Gasteiger partial charge in [0.1, 0.15) is 0 Å². The molecule has 9 heteroatoms. The first kappa shape index (κ1) is 16.8. The lowest BCUT2D eigenvalue weighted by molar-refractivity contribution is -0.0339. The Morgan fingerprint density at radius 2 is 2.18 bits per heavy atom. The molecule has 1 heterocycles. The number of carbonyl (C=O) groups is 1. The van der Waals surface area contributed by atoms with Crippen LogP contribution in [-0.4, -0.2) is 40.6 Å².